The van der Waals surface area contributed by atoms with E-state index >= 15 is 0 Å². The van der Waals surface area contributed by atoms with Gasteiger partial charge in [-0.05, 0) is 36.4 Å². The molecule has 1 aromatic heterocycles. The summed E-state index contributed by atoms with van der Waals surface area (Å²) in [4.78, 5) is 12.3. The van der Waals surface area contributed by atoms with Crippen LogP contribution in [0.5, 0.6) is 0 Å². The quantitative estimate of drug-likeness (QED) is 0.288. The van der Waals surface area contributed by atoms with Crippen LogP contribution in [0.25, 0.3) is 25.1 Å². The van der Waals surface area contributed by atoms with Gasteiger partial charge in [-0.25, -0.2) is 4.79 Å². The molecule has 136 valence electrons. The van der Waals surface area contributed by atoms with Crippen molar-refractivity contribution in [1.29, 1.82) is 0 Å². The van der Waals surface area contributed by atoms with E-state index in [1.54, 1.807) is 6.07 Å². The third-order valence-electron chi connectivity index (χ3n) is 4.44. The van der Waals surface area contributed by atoms with Gasteiger partial charge in [-0.15, -0.1) is 0 Å². The molecule has 0 unspecified atom stereocenters. The van der Waals surface area contributed by atoms with Gasteiger partial charge in [0.05, 0.1) is 18.2 Å². The van der Waals surface area contributed by atoms with Gasteiger partial charge in [-0.2, -0.15) is 13.2 Å². The zero-order chi connectivity index (χ0) is 19.2. The van der Waals surface area contributed by atoms with Crippen molar-refractivity contribution < 1.29 is 22.7 Å². The topological polar surface area (TPSA) is 26.3 Å². The number of hydrogen-bond acceptors (Lipinski definition) is 2. The molecule has 2 nitrogen and oxygen atoms in total. The predicted molar refractivity (Wildman–Crippen MR) is 102 cm³/mol. The maximum Gasteiger partial charge on any atom is 0.417 e. The van der Waals surface area contributed by atoms with Crippen LogP contribution >= 0.6 is 10.5 Å². The average Bonchev–Trinajstić information content (AvgIpc) is 3.01. The highest BCUT2D eigenvalue weighted by Crippen LogP contribution is 2.49. The number of carbonyl (C=O) groups is 1. The zero-order valence-electron chi connectivity index (χ0n) is 14.2. The molecule has 0 fully saturated rings. The second kappa shape index (κ2) is 6.39. The first kappa shape index (κ1) is 17.5. The number of hydrogen-bond donors (Lipinski definition) is 0. The fourth-order valence-electron chi connectivity index (χ4n) is 3.28. The second-order valence-electron chi connectivity index (χ2n) is 6.00. The minimum absolute atomic E-state index is 0.474. The van der Waals surface area contributed by atoms with E-state index in [2.05, 4.69) is 4.74 Å². The molecule has 0 radical (unpaired) electrons. The lowest BCUT2D eigenvalue weighted by Crippen LogP contribution is -2.14. The van der Waals surface area contributed by atoms with Crippen molar-refractivity contribution >= 4 is 36.6 Å². The molecule has 27 heavy (non-hydrogen) atoms. The Hall–Kier alpha value is -2.86. The maximum absolute atomic E-state index is 13.6. The van der Waals surface area contributed by atoms with E-state index in [0.717, 1.165) is 33.3 Å². The van der Waals surface area contributed by atoms with Gasteiger partial charge < -0.3 is 4.74 Å². The standard InChI is InChI=1S/C21H14F3O2S/c1-26-20(25)16-11-10-13(12-17(16)21(22,23)24)27-18-8-4-2-6-14(18)15-7-3-5-9-19(15)27/h2-12H,1H3/q+1. The lowest BCUT2D eigenvalue weighted by atomic mass is 10.1. The Bertz CT molecular complexity index is 1120. The highest BCUT2D eigenvalue weighted by molar-refractivity contribution is 7.50. The van der Waals surface area contributed by atoms with E-state index in [-0.39, 0.29) is 0 Å². The smallest absolute Gasteiger partial charge is 0.417 e. The molecule has 0 amide bonds. The van der Waals surface area contributed by atoms with E-state index in [1.807, 2.05) is 48.5 Å². The summed E-state index contributed by atoms with van der Waals surface area (Å²) in [5.74, 6) is -0.996. The summed E-state index contributed by atoms with van der Waals surface area (Å²) < 4.78 is 47.3. The van der Waals surface area contributed by atoms with Crippen molar-refractivity contribution in [3.8, 4) is 4.90 Å². The van der Waals surface area contributed by atoms with Gasteiger partial charge in [0, 0.05) is 27.3 Å². The SMILES string of the molecule is COC(=O)c1ccc(-[s+]2c3ccccc3c3ccccc32)cc1C(F)(F)F. The summed E-state index contributed by atoms with van der Waals surface area (Å²) >= 11 is 0. The largest absolute Gasteiger partial charge is 0.465 e. The first-order valence-corrected chi connectivity index (χ1v) is 9.36. The van der Waals surface area contributed by atoms with Gasteiger partial charge in [-0.3, -0.25) is 0 Å². The number of fused-ring (bicyclic) bond motifs is 3. The molecule has 1 heterocycles. The zero-order valence-corrected chi connectivity index (χ0v) is 15.0. The summed E-state index contributed by atoms with van der Waals surface area (Å²) in [6.07, 6.45) is -4.65. The fourth-order valence-corrected chi connectivity index (χ4v) is 5.69. The first-order valence-electron chi connectivity index (χ1n) is 8.14. The number of rotatable bonds is 2. The molecule has 6 heteroatoms. The number of halogens is 3. The van der Waals surface area contributed by atoms with E-state index in [1.165, 1.54) is 6.07 Å². The molecular weight excluding hydrogens is 373 g/mol. The van der Waals surface area contributed by atoms with Crippen LogP contribution in [0.4, 0.5) is 13.2 Å². The van der Waals surface area contributed by atoms with Crippen LogP contribution in [0.3, 0.4) is 0 Å². The van der Waals surface area contributed by atoms with Crippen molar-refractivity contribution in [2.24, 2.45) is 0 Å². The Morgan fingerprint density at radius 2 is 1.44 bits per heavy atom. The fraction of sp³-hybridized carbons (Fsp3) is 0.0952. The number of alkyl halides is 3. The van der Waals surface area contributed by atoms with Crippen molar-refractivity contribution in [2.45, 2.75) is 6.18 Å². The molecule has 0 saturated heterocycles. The van der Waals surface area contributed by atoms with E-state index < -0.39 is 33.7 Å². The van der Waals surface area contributed by atoms with Gasteiger partial charge in [-0.1, -0.05) is 24.3 Å². The van der Waals surface area contributed by atoms with Crippen LogP contribution in [-0.2, 0) is 10.9 Å². The maximum atomic E-state index is 13.6. The van der Waals surface area contributed by atoms with E-state index in [0.29, 0.717) is 4.90 Å². The van der Waals surface area contributed by atoms with Crippen molar-refractivity contribution in [1.82, 2.24) is 0 Å². The van der Waals surface area contributed by atoms with Gasteiger partial charge in [0.15, 0.2) is 14.3 Å². The van der Waals surface area contributed by atoms with E-state index in [4.69, 9.17) is 0 Å². The van der Waals surface area contributed by atoms with Crippen LogP contribution in [0, 0.1) is 0 Å². The molecule has 0 bridgehead atoms. The molecule has 0 N–H and O–H groups in total. The number of esters is 1. The third kappa shape index (κ3) is 2.86. The summed E-state index contributed by atoms with van der Waals surface area (Å²) in [6, 6.07) is 19.3. The highest BCUT2D eigenvalue weighted by atomic mass is 32.2. The van der Waals surface area contributed by atoms with Crippen molar-refractivity contribution in [2.75, 3.05) is 7.11 Å². The summed E-state index contributed by atoms with van der Waals surface area (Å²) in [5.41, 5.74) is -1.45. The molecule has 0 aliphatic rings. The minimum atomic E-state index is -4.65. The van der Waals surface area contributed by atoms with Crippen LogP contribution in [0.1, 0.15) is 15.9 Å². The Morgan fingerprint density at radius 1 is 0.889 bits per heavy atom. The second-order valence-corrected chi connectivity index (χ2v) is 7.96. The van der Waals surface area contributed by atoms with E-state index in [9.17, 15) is 18.0 Å². The van der Waals surface area contributed by atoms with Gasteiger partial charge in [0.1, 0.15) is 0 Å². The van der Waals surface area contributed by atoms with Gasteiger partial charge >= 0.3 is 12.1 Å². The third-order valence-corrected chi connectivity index (χ3v) is 6.76. The molecule has 0 aliphatic heterocycles. The Labute approximate surface area is 155 Å². The highest BCUT2D eigenvalue weighted by Gasteiger charge is 2.37. The summed E-state index contributed by atoms with van der Waals surface area (Å²) in [7, 11) is 0.410. The molecule has 0 saturated carbocycles. The van der Waals surface area contributed by atoms with Crippen LogP contribution in [0.2, 0.25) is 0 Å². The molecule has 0 spiro atoms. The summed E-state index contributed by atoms with van der Waals surface area (Å²) in [5, 5.41) is 2.06. The van der Waals surface area contributed by atoms with Crippen molar-refractivity contribution in [3.63, 3.8) is 0 Å². The number of carbonyl (C=O) groups excluding carboxylic acids is 1. The molecular formula is C21H14F3O2S+. The average molecular weight is 387 g/mol. The molecule has 4 rings (SSSR count). The predicted octanol–water partition coefficient (Wildman–Crippen LogP) is 6.54. The Morgan fingerprint density at radius 3 is 1.96 bits per heavy atom. The lowest BCUT2D eigenvalue weighted by Gasteiger charge is -2.11. The molecule has 0 atom stereocenters. The van der Waals surface area contributed by atoms with Gasteiger partial charge in [0.2, 0.25) is 0 Å². The van der Waals surface area contributed by atoms with Crippen LogP contribution in [-0.4, -0.2) is 13.1 Å². The van der Waals surface area contributed by atoms with Crippen molar-refractivity contribution in [3.05, 3.63) is 77.9 Å². The Balaban J connectivity index is 2.06. The molecule has 3 aromatic carbocycles. The number of methoxy groups -OCH3 is 1. The number of benzene rings is 3. The normalized spacial score (nSPS) is 11.9. The first-order chi connectivity index (χ1) is 12.9. The monoisotopic (exact) mass is 387 g/mol. The lowest BCUT2D eigenvalue weighted by molar-refractivity contribution is -0.138. The van der Waals surface area contributed by atoms with Crippen LogP contribution < -0.4 is 0 Å². The molecule has 0 aliphatic carbocycles. The van der Waals surface area contributed by atoms with Crippen LogP contribution in [0.15, 0.2) is 66.7 Å². The minimum Gasteiger partial charge on any atom is -0.465 e. The van der Waals surface area contributed by atoms with Gasteiger partial charge in [0.25, 0.3) is 0 Å². The number of thiophene rings is 1. The summed E-state index contributed by atoms with van der Waals surface area (Å²) in [6.45, 7) is 0. The molecule has 4 aromatic rings. The Kier molecular flexibility index (Phi) is 4.15. The number of ether oxygens (including phenoxy) is 1.